The molecule has 366 valence electrons. The zero-order valence-corrected chi connectivity index (χ0v) is 41.8. The molecule has 0 N–H and O–H groups in total. The van der Waals surface area contributed by atoms with Crippen LogP contribution in [0.3, 0.4) is 0 Å². The summed E-state index contributed by atoms with van der Waals surface area (Å²) >= 11 is 0. The van der Waals surface area contributed by atoms with Crippen LogP contribution in [0, 0.1) is 0 Å². The van der Waals surface area contributed by atoms with E-state index in [-0.39, 0.29) is 31.1 Å². The minimum atomic E-state index is -0.793. The molecule has 0 aliphatic carbocycles. The highest BCUT2D eigenvalue weighted by molar-refractivity contribution is 5.71. The molecule has 6 heteroatoms. The predicted molar refractivity (Wildman–Crippen MR) is 270 cm³/mol. The molecule has 0 amide bonds. The van der Waals surface area contributed by atoms with Gasteiger partial charge in [-0.1, -0.05) is 217 Å². The summed E-state index contributed by atoms with van der Waals surface area (Å²) in [5, 5.41) is 0. The average Bonchev–Trinajstić information content (AvgIpc) is 3.28. The number of carbonyl (C=O) groups is 3. The fourth-order valence-electron chi connectivity index (χ4n) is 7.67. The molecule has 0 aliphatic heterocycles. The van der Waals surface area contributed by atoms with Crippen molar-refractivity contribution in [3.05, 3.63) is 48.6 Å². The van der Waals surface area contributed by atoms with Gasteiger partial charge >= 0.3 is 17.9 Å². The molecule has 0 rings (SSSR count). The molecule has 0 saturated heterocycles. The Balaban J connectivity index is 4.35. The first-order chi connectivity index (χ1) is 31.0. The second kappa shape index (κ2) is 52.0. The number of hydrogen-bond acceptors (Lipinski definition) is 6. The van der Waals surface area contributed by atoms with Crippen molar-refractivity contribution in [2.45, 2.75) is 284 Å². The minimum absolute atomic E-state index is 0.0922. The molecule has 0 aliphatic rings. The zero-order chi connectivity index (χ0) is 45.8. The van der Waals surface area contributed by atoms with Crippen molar-refractivity contribution in [3.8, 4) is 0 Å². The summed E-state index contributed by atoms with van der Waals surface area (Å²) in [4.78, 5) is 37.9. The lowest BCUT2D eigenvalue weighted by Gasteiger charge is -2.18. The van der Waals surface area contributed by atoms with E-state index in [4.69, 9.17) is 14.2 Å². The van der Waals surface area contributed by atoms with E-state index in [1.807, 2.05) is 0 Å². The molecule has 6 nitrogen and oxygen atoms in total. The zero-order valence-electron chi connectivity index (χ0n) is 41.8. The molecule has 1 atom stereocenters. The van der Waals surface area contributed by atoms with Crippen molar-refractivity contribution >= 4 is 17.9 Å². The molecule has 1 unspecified atom stereocenters. The van der Waals surface area contributed by atoms with Crippen molar-refractivity contribution in [3.63, 3.8) is 0 Å². The van der Waals surface area contributed by atoms with Crippen LogP contribution in [-0.2, 0) is 28.6 Å². The number of ether oxygens (including phenoxy) is 3. The molecule has 0 spiro atoms. The molecular weight excluding hydrogens is 781 g/mol. The Hall–Kier alpha value is -2.63. The second-order valence-corrected chi connectivity index (χ2v) is 18.2. The maximum Gasteiger partial charge on any atom is 0.306 e. The van der Waals surface area contributed by atoms with Gasteiger partial charge in [0.05, 0.1) is 0 Å². The summed E-state index contributed by atoms with van der Waals surface area (Å²) in [7, 11) is 0. The van der Waals surface area contributed by atoms with Gasteiger partial charge < -0.3 is 14.2 Å². The minimum Gasteiger partial charge on any atom is -0.462 e. The van der Waals surface area contributed by atoms with E-state index in [1.54, 1.807) is 0 Å². The Morgan fingerprint density at radius 1 is 0.317 bits per heavy atom. The normalized spacial score (nSPS) is 12.4. The number of rotatable bonds is 49. The monoisotopic (exact) mass is 883 g/mol. The first-order valence-electron chi connectivity index (χ1n) is 27.2. The van der Waals surface area contributed by atoms with E-state index < -0.39 is 6.10 Å². The maximum atomic E-state index is 12.8. The van der Waals surface area contributed by atoms with Gasteiger partial charge in [0.1, 0.15) is 13.2 Å². The first-order valence-corrected chi connectivity index (χ1v) is 27.2. The molecular formula is C57H102O6. The highest BCUT2D eigenvalue weighted by Gasteiger charge is 2.19. The highest BCUT2D eigenvalue weighted by Crippen LogP contribution is 2.14. The Morgan fingerprint density at radius 2 is 0.587 bits per heavy atom. The van der Waals surface area contributed by atoms with E-state index >= 15 is 0 Å². The van der Waals surface area contributed by atoms with Crippen molar-refractivity contribution < 1.29 is 28.6 Å². The second-order valence-electron chi connectivity index (χ2n) is 18.2. The molecule has 0 aromatic heterocycles. The van der Waals surface area contributed by atoms with Crippen LogP contribution >= 0.6 is 0 Å². The summed E-state index contributed by atoms with van der Waals surface area (Å²) < 4.78 is 16.7. The smallest absolute Gasteiger partial charge is 0.306 e. The maximum absolute atomic E-state index is 12.8. The van der Waals surface area contributed by atoms with Crippen LogP contribution in [0.2, 0.25) is 0 Å². The highest BCUT2D eigenvalue weighted by atomic mass is 16.6. The summed E-state index contributed by atoms with van der Waals surface area (Å²) in [6.07, 6.45) is 62.5. The van der Waals surface area contributed by atoms with E-state index in [1.165, 1.54) is 148 Å². The van der Waals surface area contributed by atoms with Gasteiger partial charge in [0.2, 0.25) is 0 Å². The molecule has 0 saturated carbocycles. The largest absolute Gasteiger partial charge is 0.462 e. The van der Waals surface area contributed by atoms with Crippen LogP contribution in [0.15, 0.2) is 48.6 Å². The third kappa shape index (κ3) is 50.2. The van der Waals surface area contributed by atoms with Crippen molar-refractivity contribution in [1.29, 1.82) is 0 Å². The number of carbonyl (C=O) groups excluding carboxylic acids is 3. The summed E-state index contributed by atoms with van der Waals surface area (Å²) in [6, 6.07) is 0. The standard InChI is InChI=1S/C57H102O6/c1-4-7-10-13-16-19-21-23-25-27-29-31-33-35-38-41-44-47-50-56(59)62-53-54(52-61-55(58)49-46-43-40-37-18-15-12-9-6-3)63-57(60)51-48-45-42-39-36-34-32-30-28-26-24-22-20-17-14-11-8-5-2/h25,27,29-32,37,40,54H,4-24,26,28,33-36,38-39,41-53H2,1-3H3/b27-25-,31-29-,32-30-,40-37-. The van der Waals surface area contributed by atoms with Crippen LogP contribution in [0.25, 0.3) is 0 Å². The molecule has 0 bridgehead atoms. The van der Waals surface area contributed by atoms with E-state index in [0.29, 0.717) is 25.7 Å². The Bertz CT molecular complexity index is 1110. The fraction of sp³-hybridized carbons (Fsp3) is 0.807. The van der Waals surface area contributed by atoms with Gasteiger partial charge in [0.25, 0.3) is 0 Å². The fourth-order valence-corrected chi connectivity index (χ4v) is 7.67. The average molecular weight is 883 g/mol. The lowest BCUT2D eigenvalue weighted by Crippen LogP contribution is -2.30. The SMILES string of the molecule is CCCCCC/C=C\CCCC(=O)OCC(COC(=O)CCCCCCC/C=C\C=C/CCCCCCCCC)OC(=O)CCCCCCC/C=C\CCCCCCCCCCC. The summed E-state index contributed by atoms with van der Waals surface area (Å²) in [5.74, 6) is -0.943. The Morgan fingerprint density at radius 3 is 0.968 bits per heavy atom. The summed E-state index contributed by atoms with van der Waals surface area (Å²) in [5.41, 5.74) is 0. The number of hydrogen-bond donors (Lipinski definition) is 0. The Labute approximate surface area is 390 Å². The predicted octanol–water partition coefficient (Wildman–Crippen LogP) is 17.9. The van der Waals surface area contributed by atoms with Gasteiger partial charge in [-0.05, 0) is 89.9 Å². The van der Waals surface area contributed by atoms with Crippen LogP contribution in [0.1, 0.15) is 278 Å². The van der Waals surface area contributed by atoms with Gasteiger partial charge in [-0.25, -0.2) is 0 Å². The van der Waals surface area contributed by atoms with Gasteiger partial charge in [-0.3, -0.25) is 14.4 Å². The van der Waals surface area contributed by atoms with Gasteiger partial charge in [-0.15, -0.1) is 0 Å². The number of allylic oxidation sites excluding steroid dienone is 8. The molecule has 0 radical (unpaired) electrons. The van der Waals surface area contributed by atoms with E-state index in [0.717, 1.165) is 83.5 Å². The first kappa shape index (κ1) is 60.4. The third-order valence-electron chi connectivity index (χ3n) is 11.8. The van der Waals surface area contributed by atoms with Gasteiger partial charge in [-0.2, -0.15) is 0 Å². The van der Waals surface area contributed by atoms with Crippen LogP contribution in [0.5, 0.6) is 0 Å². The molecule has 0 heterocycles. The van der Waals surface area contributed by atoms with Gasteiger partial charge in [0.15, 0.2) is 6.10 Å². The van der Waals surface area contributed by atoms with E-state index in [9.17, 15) is 14.4 Å². The van der Waals surface area contributed by atoms with E-state index in [2.05, 4.69) is 69.4 Å². The molecule has 63 heavy (non-hydrogen) atoms. The lowest BCUT2D eigenvalue weighted by atomic mass is 10.1. The Kier molecular flexibility index (Phi) is 49.8. The van der Waals surface area contributed by atoms with Crippen molar-refractivity contribution in [1.82, 2.24) is 0 Å². The van der Waals surface area contributed by atoms with Crippen molar-refractivity contribution in [2.75, 3.05) is 13.2 Å². The molecule has 0 fully saturated rings. The van der Waals surface area contributed by atoms with Crippen LogP contribution < -0.4 is 0 Å². The molecule has 0 aromatic carbocycles. The third-order valence-corrected chi connectivity index (χ3v) is 11.8. The molecule has 0 aromatic rings. The topological polar surface area (TPSA) is 78.9 Å². The summed E-state index contributed by atoms with van der Waals surface area (Å²) in [6.45, 7) is 6.57. The van der Waals surface area contributed by atoms with Crippen LogP contribution in [-0.4, -0.2) is 37.2 Å². The number of esters is 3. The van der Waals surface area contributed by atoms with Crippen molar-refractivity contribution in [2.24, 2.45) is 0 Å². The lowest BCUT2D eigenvalue weighted by molar-refractivity contribution is -0.167. The quantitative estimate of drug-likeness (QED) is 0.0199. The van der Waals surface area contributed by atoms with Gasteiger partial charge in [0, 0.05) is 19.3 Å². The number of unbranched alkanes of at least 4 members (excludes halogenated alkanes) is 31. The van der Waals surface area contributed by atoms with Crippen LogP contribution in [0.4, 0.5) is 0 Å².